The molecule has 0 aliphatic carbocycles. The van der Waals surface area contributed by atoms with Gasteiger partial charge in [0.15, 0.2) is 5.75 Å². The maximum absolute atomic E-state index is 12.7. The second-order valence-electron chi connectivity index (χ2n) is 5.39. The van der Waals surface area contributed by atoms with Gasteiger partial charge in [0.2, 0.25) is 5.96 Å². The fourth-order valence-corrected chi connectivity index (χ4v) is 2.46. The zero-order valence-corrected chi connectivity index (χ0v) is 16.1. The van der Waals surface area contributed by atoms with Crippen molar-refractivity contribution in [2.24, 2.45) is 5.10 Å². The van der Waals surface area contributed by atoms with Gasteiger partial charge in [-0.3, -0.25) is 19.9 Å². The number of ether oxygens (including phenoxy) is 2. The van der Waals surface area contributed by atoms with Crippen molar-refractivity contribution in [2.75, 3.05) is 25.1 Å². The van der Waals surface area contributed by atoms with Gasteiger partial charge in [-0.15, -0.1) is 23.8 Å². The van der Waals surface area contributed by atoms with E-state index in [1.165, 1.54) is 5.01 Å². The van der Waals surface area contributed by atoms with Crippen LogP contribution in [0.1, 0.15) is 24.2 Å². The smallest absolute Gasteiger partial charge is 0.404 e. The number of anilines is 1. The molecule has 29 heavy (non-hydrogen) atoms. The van der Waals surface area contributed by atoms with Crippen molar-refractivity contribution in [3.8, 4) is 5.75 Å². The molecule has 2 amide bonds. The van der Waals surface area contributed by atoms with Crippen molar-refractivity contribution in [1.82, 2.24) is 21.4 Å². The Labute approximate surface area is 168 Å². The molecule has 0 saturated heterocycles. The summed E-state index contributed by atoms with van der Waals surface area (Å²) in [5.41, 5.74) is 4.35. The van der Waals surface area contributed by atoms with E-state index in [-0.39, 0.29) is 18.1 Å². The monoisotopic (exact) mass is 438 g/mol. The number of benzene rings is 1. The van der Waals surface area contributed by atoms with Gasteiger partial charge >= 0.3 is 6.36 Å². The number of hydrogen-bond acceptors (Lipinski definition) is 8. The highest BCUT2D eigenvalue weighted by molar-refractivity contribution is 6.37. The summed E-state index contributed by atoms with van der Waals surface area (Å²) in [5, 5.41) is 9.43. The summed E-state index contributed by atoms with van der Waals surface area (Å²) in [6, 6.07) is 1.90. The third-order valence-corrected chi connectivity index (χ3v) is 3.81. The normalized spacial score (nSPS) is 13.6. The second kappa shape index (κ2) is 9.62. The molecule has 2 rings (SSSR count). The molecule has 1 aliphatic heterocycles. The molecule has 10 nitrogen and oxygen atoms in total. The number of guanidine groups is 1. The van der Waals surface area contributed by atoms with Crippen LogP contribution < -0.4 is 26.4 Å². The van der Waals surface area contributed by atoms with Crippen molar-refractivity contribution in [3.63, 3.8) is 0 Å². The minimum Gasteiger partial charge on any atom is -0.404 e. The molecule has 1 aliphatic rings. The van der Waals surface area contributed by atoms with E-state index in [1.54, 1.807) is 13.8 Å². The van der Waals surface area contributed by atoms with Crippen molar-refractivity contribution in [2.45, 2.75) is 20.2 Å². The quantitative estimate of drug-likeness (QED) is 0.510. The Morgan fingerprint density at radius 2 is 2.00 bits per heavy atom. The molecular weight excluding hydrogens is 421 g/mol. The Bertz CT molecular complexity index is 805. The number of rotatable bonds is 7. The van der Waals surface area contributed by atoms with Crippen LogP contribution in [0.2, 0.25) is 5.02 Å². The number of hydrazine groups is 2. The van der Waals surface area contributed by atoms with Crippen LogP contribution in [0.5, 0.6) is 5.75 Å². The van der Waals surface area contributed by atoms with E-state index in [0.29, 0.717) is 6.54 Å². The first-order chi connectivity index (χ1) is 13.7. The van der Waals surface area contributed by atoms with Crippen LogP contribution in [0, 0.1) is 0 Å². The number of carbonyl (C=O) groups is 2. The molecule has 1 heterocycles. The predicted molar refractivity (Wildman–Crippen MR) is 96.8 cm³/mol. The number of alkyl halides is 3. The molecule has 14 heteroatoms. The van der Waals surface area contributed by atoms with Gasteiger partial charge < -0.3 is 14.8 Å². The minimum atomic E-state index is -5.04. The molecule has 160 valence electrons. The Hall–Kier alpha value is -2.77. The first-order valence-electron chi connectivity index (χ1n) is 8.29. The molecule has 0 radical (unpaired) electrons. The third kappa shape index (κ3) is 6.10. The first-order valence-corrected chi connectivity index (χ1v) is 8.67. The summed E-state index contributed by atoms with van der Waals surface area (Å²) in [5.74, 6) is -2.20. The number of nitrogens with one attached hydrogen (secondary N) is 4. The fourth-order valence-electron chi connectivity index (χ4n) is 2.17. The number of nitrogens with zero attached hydrogens (tertiary/aromatic N) is 2. The van der Waals surface area contributed by atoms with E-state index >= 15 is 0 Å². The van der Waals surface area contributed by atoms with Crippen LogP contribution >= 0.6 is 11.6 Å². The van der Waals surface area contributed by atoms with E-state index < -0.39 is 41.2 Å². The molecule has 0 spiro atoms. The summed E-state index contributed by atoms with van der Waals surface area (Å²) in [6.45, 7) is 3.65. The summed E-state index contributed by atoms with van der Waals surface area (Å²) in [4.78, 5) is 24.4. The van der Waals surface area contributed by atoms with E-state index in [0.717, 1.165) is 12.1 Å². The Morgan fingerprint density at radius 1 is 1.28 bits per heavy atom. The van der Waals surface area contributed by atoms with E-state index in [2.05, 4.69) is 31.5 Å². The number of hydrazone groups is 1. The highest BCUT2D eigenvalue weighted by Gasteiger charge is 2.34. The Kier molecular flexibility index (Phi) is 7.47. The zero-order valence-electron chi connectivity index (χ0n) is 15.3. The van der Waals surface area contributed by atoms with Crippen molar-refractivity contribution in [3.05, 3.63) is 22.7 Å². The van der Waals surface area contributed by atoms with E-state index in [9.17, 15) is 22.8 Å². The minimum absolute atomic E-state index is 0.117. The van der Waals surface area contributed by atoms with Gasteiger partial charge in [-0.25, -0.2) is 5.53 Å². The molecule has 0 fully saturated rings. The molecule has 1 aromatic rings. The molecular formula is C15H18ClF3N6O4. The maximum atomic E-state index is 12.7. The zero-order chi connectivity index (χ0) is 21.6. The standard InChI is InChI=1S/C15H18ClF3N6O4/c1-3-25-14(22-23-24-25)21-13(27)8-5-6-9(29-15(17,18)19)12(11(8)16)20-10(26)7-28-4-2/h5-6,23-24H,3-4,7H2,1-2H3,(H,20,26)(H,21,22,27). The number of amides is 2. The fraction of sp³-hybridized carbons (Fsp3) is 0.400. The van der Waals surface area contributed by atoms with E-state index in [1.807, 2.05) is 0 Å². The summed E-state index contributed by atoms with van der Waals surface area (Å²) in [7, 11) is 0. The van der Waals surface area contributed by atoms with Gasteiger partial charge in [-0.1, -0.05) is 11.6 Å². The molecule has 1 aromatic carbocycles. The van der Waals surface area contributed by atoms with Crippen LogP contribution in [0.3, 0.4) is 0 Å². The number of carbonyl (C=O) groups excluding carboxylic acids is 2. The predicted octanol–water partition coefficient (Wildman–Crippen LogP) is 1.56. The molecule has 0 unspecified atom stereocenters. The van der Waals surface area contributed by atoms with E-state index in [4.69, 9.17) is 16.3 Å². The van der Waals surface area contributed by atoms with Gasteiger partial charge in [0.1, 0.15) is 12.3 Å². The topological polar surface area (TPSA) is 116 Å². The van der Waals surface area contributed by atoms with Crippen LogP contribution in [-0.4, -0.2) is 48.9 Å². The highest BCUT2D eigenvalue weighted by Crippen LogP contribution is 2.38. The van der Waals surface area contributed by atoms with Gasteiger partial charge in [0.25, 0.3) is 11.8 Å². The lowest BCUT2D eigenvalue weighted by atomic mass is 10.1. The largest absolute Gasteiger partial charge is 0.573 e. The second-order valence-corrected chi connectivity index (χ2v) is 5.77. The molecule has 0 saturated carbocycles. The summed E-state index contributed by atoms with van der Waals surface area (Å²) in [6.07, 6.45) is -5.04. The van der Waals surface area contributed by atoms with Crippen LogP contribution in [0.25, 0.3) is 0 Å². The maximum Gasteiger partial charge on any atom is 0.573 e. The first kappa shape index (κ1) is 22.5. The third-order valence-electron chi connectivity index (χ3n) is 3.42. The average molecular weight is 439 g/mol. The van der Waals surface area contributed by atoms with Gasteiger partial charge in [-0.05, 0) is 26.0 Å². The average Bonchev–Trinajstić information content (AvgIpc) is 3.08. The number of halogens is 4. The summed E-state index contributed by atoms with van der Waals surface area (Å²) >= 11 is 6.12. The molecule has 0 aromatic heterocycles. The van der Waals surface area contributed by atoms with Gasteiger partial charge in [-0.2, -0.15) is 0 Å². The van der Waals surface area contributed by atoms with Crippen molar-refractivity contribution in [1.29, 1.82) is 0 Å². The lowest BCUT2D eigenvalue weighted by molar-refractivity contribution is -0.274. The lowest BCUT2D eigenvalue weighted by Crippen LogP contribution is -2.47. The van der Waals surface area contributed by atoms with Gasteiger partial charge in [0, 0.05) is 13.2 Å². The van der Waals surface area contributed by atoms with Crippen LogP contribution in [0.15, 0.2) is 17.2 Å². The molecule has 4 N–H and O–H groups in total. The summed E-state index contributed by atoms with van der Waals surface area (Å²) < 4.78 is 46.9. The number of hydrogen-bond donors (Lipinski definition) is 4. The van der Waals surface area contributed by atoms with Crippen molar-refractivity contribution >= 4 is 35.1 Å². The Morgan fingerprint density at radius 3 is 2.62 bits per heavy atom. The van der Waals surface area contributed by atoms with Crippen LogP contribution in [-0.2, 0) is 9.53 Å². The molecule has 0 bridgehead atoms. The molecule has 0 atom stereocenters. The highest BCUT2D eigenvalue weighted by atomic mass is 35.5. The van der Waals surface area contributed by atoms with Crippen LogP contribution in [0.4, 0.5) is 18.9 Å². The van der Waals surface area contributed by atoms with Gasteiger partial charge in [0.05, 0.1) is 10.6 Å². The Balaban J connectivity index is 2.32. The lowest BCUT2D eigenvalue weighted by Gasteiger charge is -2.19. The van der Waals surface area contributed by atoms with Crippen molar-refractivity contribution < 1.29 is 32.2 Å². The SMILES string of the molecule is CCOCC(=O)Nc1c(OC(F)(F)F)ccc(C(=O)NC2=NNNN2CC)c1Cl.